The van der Waals surface area contributed by atoms with E-state index >= 15 is 0 Å². The normalized spacial score (nSPS) is 14.9. The zero-order valence-corrected chi connectivity index (χ0v) is 20.6. The lowest BCUT2D eigenvalue weighted by atomic mass is 10.2. The summed E-state index contributed by atoms with van der Waals surface area (Å²) in [6.45, 7) is 5.84. The third-order valence-electron chi connectivity index (χ3n) is 5.91. The van der Waals surface area contributed by atoms with Gasteiger partial charge in [-0.1, -0.05) is 25.1 Å². The van der Waals surface area contributed by atoms with Crippen LogP contribution >= 0.6 is 0 Å². The largest absolute Gasteiger partial charge is 0.379 e. The quantitative estimate of drug-likeness (QED) is 0.483. The number of sulfonamides is 1. The van der Waals surface area contributed by atoms with Gasteiger partial charge in [0.15, 0.2) is 0 Å². The molecule has 1 amide bonds. The smallest absolute Gasteiger partial charge is 0.258 e. The molecule has 0 aliphatic carbocycles. The summed E-state index contributed by atoms with van der Waals surface area (Å²) in [4.78, 5) is 34.4. The summed E-state index contributed by atoms with van der Waals surface area (Å²) >= 11 is 0. The van der Waals surface area contributed by atoms with E-state index in [0.717, 1.165) is 0 Å². The van der Waals surface area contributed by atoms with Crippen molar-refractivity contribution >= 4 is 32.5 Å². The standard InChI is InChI=1S/C24H29N5O5S/c1-3-28(15-22-26-20-7-5-4-6-19(20)24(31)27-22)16-23(30)25-18-9-8-17(2)21(14-18)35(32,33)29-10-12-34-13-11-29/h4-9,14H,3,10-13,15-16H2,1-2H3,(H,25,30)(H,26,27,31). The lowest BCUT2D eigenvalue weighted by molar-refractivity contribution is -0.117. The van der Waals surface area contributed by atoms with E-state index in [1.165, 1.54) is 10.4 Å². The van der Waals surface area contributed by atoms with Crippen LogP contribution in [0.1, 0.15) is 18.3 Å². The van der Waals surface area contributed by atoms with Crippen LogP contribution in [0.3, 0.4) is 0 Å². The second-order valence-corrected chi connectivity index (χ2v) is 10.3. The Kier molecular flexibility index (Phi) is 7.60. The molecule has 1 saturated heterocycles. The molecule has 3 aromatic rings. The number of ether oxygens (including phenoxy) is 1. The van der Waals surface area contributed by atoms with Gasteiger partial charge in [-0.2, -0.15) is 4.31 Å². The minimum absolute atomic E-state index is 0.0481. The summed E-state index contributed by atoms with van der Waals surface area (Å²) in [5.41, 5.74) is 1.39. The predicted molar refractivity (Wildman–Crippen MR) is 133 cm³/mol. The van der Waals surface area contributed by atoms with Gasteiger partial charge in [-0.05, 0) is 43.3 Å². The van der Waals surface area contributed by atoms with Crippen molar-refractivity contribution in [2.75, 3.05) is 44.7 Å². The van der Waals surface area contributed by atoms with Gasteiger partial charge in [0.2, 0.25) is 15.9 Å². The molecular formula is C24H29N5O5S. The van der Waals surface area contributed by atoms with Crippen molar-refractivity contribution in [1.82, 2.24) is 19.2 Å². The van der Waals surface area contributed by atoms with Crippen molar-refractivity contribution in [3.8, 4) is 0 Å². The first-order chi connectivity index (χ1) is 16.8. The van der Waals surface area contributed by atoms with E-state index in [4.69, 9.17) is 4.74 Å². The van der Waals surface area contributed by atoms with Crippen LogP contribution in [0.25, 0.3) is 10.9 Å². The van der Waals surface area contributed by atoms with Gasteiger partial charge in [0, 0.05) is 18.8 Å². The number of anilines is 1. The highest BCUT2D eigenvalue weighted by Crippen LogP contribution is 2.24. The molecule has 0 atom stereocenters. The van der Waals surface area contributed by atoms with Crippen LogP contribution in [0.2, 0.25) is 0 Å². The van der Waals surface area contributed by atoms with Crippen LogP contribution in [0.5, 0.6) is 0 Å². The Balaban J connectivity index is 1.45. The molecule has 0 radical (unpaired) electrons. The lowest BCUT2D eigenvalue weighted by Gasteiger charge is -2.27. The number of aromatic amines is 1. The molecule has 4 rings (SSSR count). The zero-order chi connectivity index (χ0) is 25.0. The van der Waals surface area contributed by atoms with Gasteiger partial charge in [-0.3, -0.25) is 14.5 Å². The maximum atomic E-state index is 13.1. The van der Waals surface area contributed by atoms with Crippen LogP contribution < -0.4 is 10.9 Å². The van der Waals surface area contributed by atoms with Crippen molar-refractivity contribution in [3.63, 3.8) is 0 Å². The molecule has 0 bridgehead atoms. The Morgan fingerprint density at radius 3 is 2.69 bits per heavy atom. The lowest BCUT2D eigenvalue weighted by Crippen LogP contribution is -2.40. The number of H-pyrrole nitrogens is 1. The third kappa shape index (κ3) is 5.76. The number of para-hydroxylation sites is 1. The fraction of sp³-hybridized carbons (Fsp3) is 0.375. The number of morpholine rings is 1. The first kappa shape index (κ1) is 25.0. The van der Waals surface area contributed by atoms with Crippen molar-refractivity contribution in [3.05, 3.63) is 64.2 Å². The summed E-state index contributed by atoms with van der Waals surface area (Å²) < 4.78 is 32.9. The Morgan fingerprint density at radius 1 is 1.20 bits per heavy atom. The number of carbonyl (C=O) groups excluding carboxylic acids is 1. The number of fused-ring (bicyclic) bond motifs is 1. The molecule has 1 fully saturated rings. The summed E-state index contributed by atoms with van der Waals surface area (Å²) in [6, 6.07) is 12.0. The van der Waals surface area contributed by atoms with Gasteiger partial charge in [0.1, 0.15) is 5.82 Å². The van der Waals surface area contributed by atoms with E-state index in [-0.39, 0.29) is 29.5 Å². The molecule has 186 valence electrons. The Hall–Kier alpha value is -3.12. The maximum absolute atomic E-state index is 13.1. The van der Waals surface area contributed by atoms with Crippen molar-refractivity contribution in [2.45, 2.75) is 25.3 Å². The highest BCUT2D eigenvalue weighted by atomic mass is 32.2. The van der Waals surface area contributed by atoms with Crippen LogP contribution in [0.15, 0.2) is 52.2 Å². The topological polar surface area (TPSA) is 125 Å². The van der Waals surface area contributed by atoms with E-state index in [1.807, 2.05) is 17.9 Å². The average Bonchev–Trinajstić information content (AvgIpc) is 2.85. The molecule has 2 heterocycles. The minimum atomic E-state index is -3.69. The molecule has 1 aliphatic rings. The second kappa shape index (κ2) is 10.6. The molecule has 35 heavy (non-hydrogen) atoms. The summed E-state index contributed by atoms with van der Waals surface area (Å²) in [6.07, 6.45) is 0. The number of aryl methyl sites for hydroxylation is 1. The number of hydrogen-bond donors (Lipinski definition) is 2. The highest BCUT2D eigenvalue weighted by Gasteiger charge is 2.28. The van der Waals surface area contributed by atoms with Gasteiger partial charge in [0.25, 0.3) is 5.56 Å². The molecular weight excluding hydrogens is 470 g/mol. The number of benzene rings is 2. The molecule has 2 aromatic carbocycles. The minimum Gasteiger partial charge on any atom is -0.379 e. The van der Waals surface area contributed by atoms with Crippen LogP contribution in [0, 0.1) is 6.92 Å². The number of nitrogens with zero attached hydrogens (tertiary/aromatic N) is 3. The van der Waals surface area contributed by atoms with Gasteiger partial charge < -0.3 is 15.0 Å². The second-order valence-electron chi connectivity index (χ2n) is 8.38. The summed E-state index contributed by atoms with van der Waals surface area (Å²) in [7, 11) is -3.69. The molecule has 2 N–H and O–H groups in total. The first-order valence-corrected chi connectivity index (χ1v) is 12.9. The van der Waals surface area contributed by atoms with E-state index in [2.05, 4.69) is 15.3 Å². The van der Waals surface area contributed by atoms with Crippen molar-refractivity contribution in [1.29, 1.82) is 0 Å². The number of amides is 1. The Bertz CT molecular complexity index is 1380. The molecule has 1 aliphatic heterocycles. The molecule has 0 unspecified atom stereocenters. The van der Waals surface area contributed by atoms with E-state index in [9.17, 15) is 18.0 Å². The number of likely N-dealkylation sites (N-methyl/N-ethyl adjacent to an activating group) is 1. The van der Waals surface area contributed by atoms with E-state index < -0.39 is 10.0 Å². The number of nitrogens with one attached hydrogen (secondary N) is 2. The highest BCUT2D eigenvalue weighted by molar-refractivity contribution is 7.89. The number of aromatic nitrogens is 2. The Morgan fingerprint density at radius 2 is 1.94 bits per heavy atom. The Labute approximate surface area is 204 Å². The van der Waals surface area contributed by atoms with Gasteiger partial charge in [-0.25, -0.2) is 13.4 Å². The van der Waals surface area contributed by atoms with Crippen LogP contribution in [-0.4, -0.2) is 72.9 Å². The zero-order valence-electron chi connectivity index (χ0n) is 19.8. The van der Waals surface area contributed by atoms with Gasteiger partial charge >= 0.3 is 0 Å². The predicted octanol–water partition coefficient (Wildman–Crippen LogP) is 1.71. The van der Waals surface area contributed by atoms with Crippen molar-refractivity contribution in [2.24, 2.45) is 0 Å². The first-order valence-electron chi connectivity index (χ1n) is 11.5. The van der Waals surface area contributed by atoms with Gasteiger partial charge in [0.05, 0.1) is 42.1 Å². The number of carbonyl (C=O) groups is 1. The molecule has 0 spiro atoms. The fourth-order valence-corrected chi connectivity index (χ4v) is 5.65. The molecule has 10 nitrogen and oxygen atoms in total. The van der Waals surface area contributed by atoms with E-state index in [0.29, 0.717) is 60.8 Å². The summed E-state index contributed by atoms with van der Waals surface area (Å²) in [5.74, 6) is 0.172. The monoisotopic (exact) mass is 499 g/mol. The molecule has 11 heteroatoms. The van der Waals surface area contributed by atoms with Crippen molar-refractivity contribution < 1.29 is 17.9 Å². The average molecular weight is 500 g/mol. The fourth-order valence-electron chi connectivity index (χ4n) is 3.99. The maximum Gasteiger partial charge on any atom is 0.258 e. The van der Waals surface area contributed by atoms with Crippen LogP contribution in [0.4, 0.5) is 5.69 Å². The van der Waals surface area contributed by atoms with Gasteiger partial charge in [-0.15, -0.1) is 0 Å². The van der Waals surface area contributed by atoms with Crippen LogP contribution in [-0.2, 0) is 26.1 Å². The molecule has 1 aromatic heterocycles. The molecule has 0 saturated carbocycles. The SMILES string of the molecule is CCN(CC(=O)Nc1ccc(C)c(S(=O)(=O)N2CCOCC2)c1)Cc1nc2ccccc2c(=O)[nH]1. The summed E-state index contributed by atoms with van der Waals surface area (Å²) in [5, 5.41) is 3.31. The van der Waals surface area contributed by atoms with E-state index in [1.54, 1.807) is 37.3 Å². The third-order valence-corrected chi connectivity index (χ3v) is 7.95. The number of rotatable bonds is 8. The number of hydrogen-bond acceptors (Lipinski definition) is 7.